The fourth-order valence-corrected chi connectivity index (χ4v) is 3.62. The molecular weight excluding hydrogens is 382 g/mol. The number of carbonyl (C=O) groups is 3. The van der Waals surface area contributed by atoms with Crippen LogP contribution in [0.2, 0.25) is 0 Å². The Morgan fingerprint density at radius 2 is 1.83 bits per heavy atom. The van der Waals surface area contributed by atoms with Gasteiger partial charge in [-0.15, -0.1) is 0 Å². The van der Waals surface area contributed by atoms with Gasteiger partial charge >= 0.3 is 0 Å². The molecule has 1 aromatic heterocycles. The highest BCUT2D eigenvalue weighted by Gasteiger charge is 2.30. The summed E-state index contributed by atoms with van der Waals surface area (Å²) in [5.41, 5.74) is 1.53. The predicted molar refractivity (Wildman–Crippen MR) is 113 cm³/mol. The van der Waals surface area contributed by atoms with Crippen molar-refractivity contribution in [3.05, 3.63) is 59.5 Å². The maximum Gasteiger partial charge on any atom is 0.289 e. The first-order valence-electron chi connectivity index (χ1n) is 10.4. The van der Waals surface area contributed by atoms with Crippen LogP contribution in [-0.2, 0) is 4.79 Å². The molecule has 0 spiro atoms. The molecule has 1 aliphatic heterocycles. The maximum absolute atomic E-state index is 12.9. The Bertz CT molecular complexity index is 884. The van der Waals surface area contributed by atoms with Crippen LogP contribution in [0.4, 0.5) is 0 Å². The third-order valence-electron chi connectivity index (χ3n) is 5.38. The minimum Gasteiger partial charge on any atom is -0.459 e. The lowest BCUT2D eigenvalue weighted by Gasteiger charge is -2.33. The van der Waals surface area contributed by atoms with E-state index in [1.54, 1.807) is 29.2 Å². The normalized spacial score (nSPS) is 15.7. The van der Waals surface area contributed by atoms with E-state index >= 15 is 0 Å². The second kappa shape index (κ2) is 9.61. The van der Waals surface area contributed by atoms with Crippen molar-refractivity contribution in [2.75, 3.05) is 13.1 Å². The average Bonchev–Trinajstić information content (AvgIpc) is 3.26. The first kappa shape index (κ1) is 21.6. The van der Waals surface area contributed by atoms with E-state index < -0.39 is 6.04 Å². The van der Waals surface area contributed by atoms with Gasteiger partial charge in [0.25, 0.3) is 11.8 Å². The zero-order valence-electron chi connectivity index (χ0n) is 17.7. The van der Waals surface area contributed by atoms with Crippen LogP contribution in [0.15, 0.2) is 47.1 Å². The Labute approximate surface area is 176 Å². The van der Waals surface area contributed by atoms with E-state index in [-0.39, 0.29) is 29.7 Å². The summed E-state index contributed by atoms with van der Waals surface area (Å²) in [7, 11) is 0. The van der Waals surface area contributed by atoms with E-state index in [2.05, 4.69) is 10.6 Å². The topological polar surface area (TPSA) is 91.7 Å². The van der Waals surface area contributed by atoms with Crippen LogP contribution in [0.1, 0.15) is 53.2 Å². The van der Waals surface area contributed by atoms with Gasteiger partial charge in [0.1, 0.15) is 6.04 Å². The van der Waals surface area contributed by atoms with Crippen LogP contribution in [0, 0.1) is 12.8 Å². The Morgan fingerprint density at radius 1 is 1.10 bits per heavy atom. The monoisotopic (exact) mass is 411 g/mol. The number of hydrogen-bond donors (Lipinski definition) is 2. The molecule has 1 atom stereocenters. The van der Waals surface area contributed by atoms with Gasteiger partial charge in [-0.05, 0) is 49.9 Å². The Morgan fingerprint density at radius 3 is 2.43 bits per heavy atom. The second-order valence-corrected chi connectivity index (χ2v) is 8.12. The van der Waals surface area contributed by atoms with Gasteiger partial charge in [0.2, 0.25) is 5.91 Å². The van der Waals surface area contributed by atoms with E-state index in [1.807, 2.05) is 32.9 Å². The molecule has 2 N–H and O–H groups in total. The van der Waals surface area contributed by atoms with Crippen LogP contribution in [0.25, 0.3) is 0 Å². The zero-order chi connectivity index (χ0) is 21.7. The van der Waals surface area contributed by atoms with Gasteiger partial charge in [0, 0.05) is 24.7 Å². The number of nitrogens with zero attached hydrogens (tertiary/aromatic N) is 1. The molecule has 2 heterocycles. The number of likely N-dealkylation sites (tertiary alicyclic amines) is 1. The first-order valence-corrected chi connectivity index (χ1v) is 10.4. The number of furan rings is 1. The second-order valence-electron chi connectivity index (χ2n) is 8.12. The van der Waals surface area contributed by atoms with E-state index in [1.165, 1.54) is 6.26 Å². The highest BCUT2D eigenvalue weighted by molar-refractivity contribution is 5.97. The van der Waals surface area contributed by atoms with Gasteiger partial charge in [0.15, 0.2) is 5.76 Å². The molecule has 3 amide bonds. The summed E-state index contributed by atoms with van der Waals surface area (Å²) in [6.07, 6.45) is 2.81. The van der Waals surface area contributed by atoms with Crippen molar-refractivity contribution in [1.29, 1.82) is 0 Å². The Balaban J connectivity index is 1.54. The lowest BCUT2D eigenvalue weighted by atomic mass is 10.00. The van der Waals surface area contributed by atoms with Gasteiger partial charge < -0.3 is 20.0 Å². The van der Waals surface area contributed by atoms with Crippen LogP contribution < -0.4 is 10.6 Å². The SMILES string of the molecule is Cc1cccc(C(=O)NC(C(=O)NC2CCN(C(=O)c3ccco3)CC2)C(C)C)c1. The van der Waals surface area contributed by atoms with Crippen molar-refractivity contribution in [2.45, 2.75) is 45.7 Å². The van der Waals surface area contributed by atoms with Crippen LogP contribution in [-0.4, -0.2) is 47.8 Å². The molecule has 1 fully saturated rings. The lowest BCUT2D eigenvalue weighted by Crippen LogP contribution is -2.54. The summed E-state index contributed by atoms with van der Waals surface area (Å²) in [5.74, 6) is -0.306. The fourth-order valence-electron chi connectivity index (χ4n) is 3.62. The maximum atomic E-state index is 12.9. The van der Waals surface area contributed by atoms with Crippen LogP contribution >= 0.6 is 0 Å². The Hall–Kier alpha value is -3.09. The van der Waals surface area contributed by atoms with Crippen molar-refractivity contribution in [2.24, 2.45) is 5.92 Å². The molecule has 3 rings (SSSR count). The van der Waals surface area contributed by atoms with E-state index in [4.69, 9.17) is 4.42 Å². The molecule has 30 heavy (non-hydrogen) atoms. The third kappa shape index (κ3) is 5.28. The number of nitrogens with one attached hydrogen (secondary N) is 2. The highest BCUT2D eigenvalue weighted by Crippen LogP contribution is 2.15. The largest absolute Gasteiger partial charge is 0.459 e. The zero-order valence-corrected chi connectivity index (χ0v) is 17.7. The summed E-state index contributed by atoms with van der Waals surface area (Å²) >= 11 is 0. The molecule has 160 valence electrons. The van der Waals surface area contributed by atoms with Crippen molar-refractivity contribution >= 4 is 17.7 Å². The minimum absolute atomic E-state index is 0.0322. The number of piperidine rings is 1. The van der Waals surface area contributed by atoms with Crippen molar-refractivity contribution in [1.82, 2.24) is 15.5 Å². The molecule has 1 unspecified atom stereocenters. The van der Waals surface area contributed by atoms with Gasteiger partial charge in [-0.2, -0.15) is 0 Å². The molecule has 0 bridgehead atoms. The summed E-state index contributed by atoms with van der Waals surface area (Å²) in [6.45, 7) is 6.84. The predicted octanol–water partition coefficient (Wildman–Crippen LogP) is 2.76. The fraction of sp³-hybridized carbons (Fsp3) is 0.435. The summed E-state index contributed by atoms with van der Waals surface area (Å²) < 4.78 is 5.18. The minimum atomic E-state index is -0.624. The van der Waals surface area contributed by atoms with Gasteiger partial charge in [-0.1, -0.05) is 31.5 Å². The molecule has 0 aliphatic carbocycles. The van der Waals surface area contributed by atoms with Gasteiger partial charge in [0.05, 0.1) is 6.26 Å². The molecule has 2 aromatic rings. The molecule has 1 saturated heterocycles. The van der Waals surface area contributed by atoms with E-state index in [9.17, 15) is 14.4 Å². The first-order chi connectivity index (χ1) is 14.3. The molecular formula is C23H29N3O4. The van der Waals surface area contributed by atoms with Crippen molar-refractivity contribution in [3.8, 4) is 0 Å². The van der Waals surface area contributed by atoms with Crippen LogP contribution in [0.5, 0.6) is 0 Å². The summed E-state index contributed by atoms with van der Waals surface area (Å²) in [6, 6.07) is 9.98. The standard InChI is InChI=1S/C23H29N3O4/c1-15(2)20(25-21(27)17-7-4-6-16(3)14-17)22(28)24-18-9-11-26(12-10-18)23(29)19-8-5-13-30-19/h4-8,13-15,18,20H,9-12H2,1-3H3,(H,24,28)(H,25,27). The molecule has 1 aromatic carbocycles. The van der Waals surface area contributed by atoms with E-state index in [0.29, 0.717) is 37.3 Å². The quantitative estimate of drug-likeness (QED) is 0.765. The molecule has 7 heteroatoms. The molecule has 0 saturated carbocycles. The van der Waals surface area contributed by atoms with Gasteiger partial charge in [-0.25, -0.2) is 0 Å². The highest BCUT2D eigenvalue weighted by atomic mass is 16.3. The number of carbonyl (C=O) groups excluding carboxylic acids is 3. The van der Waals surface area contributed by atoms with Crippen molar-refractivity contribution in [3.63, 3.8) is 0 Å². The summed E-state index contributed by atoms with van der Waals surface area (Å²) in [5, 5.41) is 5.91. The van der Waals surface area contributed by atoms with Gasteiger partial charge in [-0.3, -0.25) is 14.4 Å². The van der Waals surface area contributed by atoms with Crippen LogP contribution in [0.3, 0.4) is 0 Å². The smallest absolute Gasteiger partial charge is 0.289 e. The molecule has 7 nitrogen and oxygen atoms in total. The average molecular weight is 412 g/mol. The Kier molecular flexibility index (Phi) is 6.92. The van der Waals surface area contributed by atoms with Crippen molar-refractivity contribution < 1.29 is 18.8 Å². The third-order valence-corrected chi connectivity index (χ3v) is 5.38. The van der Waals surface area contributed by atoms with E-state index in [0.717, 1.165) is 5.56 Å². The molecule has 0 radical (unpaired) electrons. The molecule has 1 aliphatic rings. The number of benzene rings is 1. The number of aryl methyl sites for hydroxylation is 1. The number of hydrogen-bond acceptors (Lipinski definition) is 4. The lowest BCUT2D eigenvalue weighted by molar-refractivity contribution is -0.124. The summed E-state index contributed by atoms with van der Waals surface area (Å²) in [4.78, 5) is 39.6. The number of amides is 3. The number of rotatable bonds is 6.